The Bertz CT molecular complexity index is 1030. The quantitative estimate of drug-likeness (QED) is 0.628. The molecule has 0 saturated carbocycles. The average Bonchev–Trinajstić information content (AvgIpc) is 2.75. The molecule has 1 aromatic heterocycles. The monoisotopic (exact) mass is 395 g/mol. The number of ether oxygens (including phenoxy) is 3. The number of rotatable bonds is 8. The van der Waals surface area contributed by atoms with Gasteiger partial charge in [0.1, 0.15) is 0 Å². The molecule has 1 heterocycles. The Balaban J connectivity index is 2.06. The van der Waals surface area contributed by atoms with Crippen molar-refractivity contribution in [1.82, 2.24) is 9.55 Å². The van der Waals surface area contributed by atoms with Gasteiger partial charge in [-0.2, -0.15) is 4.98 Å². The maximum absolute atomic E-state index is 12.3. The summed E-state index contributed by atoms with van der Waals surface area (Å²) in [5.41, 5.74) is 2.45. The minimum atomic E-state index is -0.433. The minimum absolute atomic E-state index is 0.189. The summed E-state index contributed by atoms with van der Waals surface area (Å²) >= 11 is 0. The van der Waals surface area contributed by atoms with Gasteiger partial charge in [-0.3, -0.25) is 4.79 Å². The number of hydrogen-bond acceptors (Lipinski definition) is 6. The molecule has 7 heteroatoms. The number of nitrogens with zero attached hydrogens (tertiary/aromatic N) is 2. The smallest absolute Gasteiger partial charge is 0.316 e. The van der Waals surface area contributed by atoms with E-state index in [0.29, 0.717) is 24.0 Å². The Hall–Kier alpha value is -3.48. The van der Waals surface area contributed by atoms with Crippen LogP contribution >= 0.6 is 0 Å². The SMILES string of the molecule is CCc1cc(OC)c(OC)cc1Nc1nc(=O)c(OC)cn1Cc1ccccc1. The molecule has 1 N–H and O–H groups in total. The molecule has 2 aromatic carbocycles. The van der Waals surface area contributed by atoms with Crippen molar-refractivity contribution >= 4 is 11.6 Å². The van der Waals surface area contributed by atoms with E-state index in [1.165, 1.54) is 7.11 Å². The first-order valence-corrected chi connectivity index (χ1v) is 9.30. The summed E-state index contributed by atoms with van der Waals surface area (Å²) in [6.07, 6.45) is 2.43. The molecule has 0 bridgehead atoms. The molecule has 3 aromatic rings. The number of aromatic nitrogens is 2. The van der Waals surface area contributed by atoms with Crippen LogP contribution < -0.4 is 25.1 Å². The van der Waals surface area contributed by atoms with Crippen molar-refractivity contribution in [3.05, 3.63) is 70.1 Å². The topological polar surface area (TPSA) is 74.6 Å². The first kappa shape index (κ1) is 20.3. The molecule has 0 aliphatic carbocycles. The molecule has 0 aliphatic heterocycles. The van der Waals surface area contributed by atoms with E-state index in [2.05, 4.69) is 10.3 Å². The third-order valence-electron chi connectivity index (χ3n) is 4.62. The van der Waals surface area contributed by atoms with Gasteiger partial charge in [0.25, 0.3) is 0 Å². The molecule has 29 heavy (non-hydrogen) atoms. The van der Waals surface area contributed by atoms with Gasteiger partial charge in [0, 0.05) is 11.8 Å². The molecule has 0 saturated heterocycles. The van der Waals surface area contributed by atoms with Gasteiger partial charge < -0.3 is 24.1 Å². The van der Waals surface area contributed by atoms with E-state index in [4.69, 9.17) is 14.2 Å². The van der Waals surface area contributed by atoms with Crippen LogP contribution in [0.15, 0.2) is 53.5 Å². The Morgan fingerprint density at radius 2 is 1.62 bits per heavy atom. The van der Waals surface area contributed by atoms with E-state index >= 15 is 0 Å². The number of hydrogen-bond donors (Lipinski definition) is 1. The van der Waals surface area contributed by atoms with Crippen molar-refractivity contribution < 1.29 is 14.2 Å². The van der Waals surface area contributed by atoms with Crippen LogP contribution in [0.2, 0.25) is 0 Å². The van der Waals surface area contributed by atoms with Crippen molar-refractivity contribution in [1.29, 1.82) is 0 Å². The second-order valence-electron chi connectivity index (χ2n) is 6.39. The molecule has 0 amide bonds. The highest BCUT2D eigenvalue weighted by Crippen LogP contribution is 2.34. The van der Waals surface area contributed by atoms with Crippen molar-refractivity contribution in [3.63, 3.8) is 0 Å². The lowest BCUT2D eigenvalue weighted by Gasteiger charge is -2.18. The average molecular weight is 395 g/mol. The van der Waals surface area contributed by atoms with Gasteiger partial charge in [-0.05, 0) is 23.6 Å². The van der Waals surface area contributed by atoms with Gasteiger partial charge in [0.15, 0.2) is 11.5 Å². The maximum Gasteiger partial charge on any atom is 0.316 e. The molecule has 0 unspecified atom stereocenters. The van der Waals surface area contributed by atoms with Gasteiger partial charge in [0.05, 0.1) is 34.1 Å². The molecule has 152 valence electrons. The molecule has 0 radical (unpaired) electrons. The van der Waals surface area contributed by atoms with Crippen LogP contribution in [0.5, 0.6) is 17.2 Å². The second-order valence-corrected chi connectivity index (χ2v) is 6.39. The Kier molecular flexibility index (Phi) is 6.39. The molecule has 7 nitrogen and oxygen atoms in total. The zero-order chi connectivity index (χ0) is 20.8. The maximum atomic E-state index is 12.3. The fraction of sp³-hybridized carbons (Fsp3) is 0.273. The second kappa shape index (κ2) is 9.14. The number of methoxy groups -OCH3 is 3. The van der Waals surface area contributed by atoms with Gasteiger partial charge >= 0.3 is 5.56 Å². The van der Waals surface area contributed by atoms with Crippen molar-refractivity contribution in [2.24, 2.45) is 0 Å². The van der Waals surface area contributed by atoms with Crippen LogP contribution in [0, 0.1) is 0 Å². The van der Waals surface area contributed by atoms with Crippen LogP contribution in [0.3, 0.4) is 0 Å². The summed E-state index contributed by atoms with van der Waals surface area (Å²) < 4.78 is 17.9. The molecule has 0 aliphatic rings. The van der Waals surface area contributed by atoms with Gasteiger partial charge in [-0.25, -0.2) is 0 Å². The van der Waals surface area contributed by atoms with E-state index in [9.17, 15) is 4.79 Å². The summed E-state index contributed by atoms with van der Waals surface area (Å²) in [6.45, 7) is 2.58. The summed E-state index contributed by atoms with van der Waals surface area (Å²) in [6, 6.07) is 13.7. The van der Waals surface area contributed by atoms with E-state index in [1.807, 2.05) is 54.0 Å². The molecule has 3 rings (SSSR count). The normalized spacial score (nSPS) is 10.5. The first-order chi connectivity index (χ1) is 14.1. The molecular weight excluding hydrogens is 370 g/mol. The van der Waals surface area contributed by atoms with Crippen LogP contribution in [0.1, 0.15) is 18.1 Å². The molecule has 0 fully saturated rings. The van der Waals surface area contributed by atoms with Gasteiger partial charge in [-0.15, -0.1) is 0 Å². The van der Waals surface area contributed by atoms with Crippen molar-refractivity contribution in [2.45, 2.75) is 19.9 Å². The largest absolute Gasteiger partial charge is 0.493 e. The van der Waals surface area contributed by atoms with Gasteiger partial charge in [-0.1, -0.05) is 37.3 Å². The number of anilines is 2. The van der Waals surface area contributed by atoms with E-state index in [-0.39, 0.29) is 5.75 Å². The Morgan fingerprint density at radius 3 is 2.24 bits per heavy atom. The van der Waals surface area contributed by atoms with E-state index in [0.717, 1.165) is 23.2 Å². The van der Waals surface area contributed by atoms with Crippen LogP contribution in [-0.2, 0) is 13.0 Å². The summed E-state index contributed by atoms with van der Waals surface area (Å²) in [4.78, 5) is 16.5. The zero-order valence-electron chi connectivity index (χ0n) is 17.1. The first-order valence-electron chi connectivity index (χ1n) is 9.30. The highest BCUT2D eigenvalue weighted by molar-refractivity contribution is 5.65. The predicted molar refractivity (Wildman–Crippen MR) is 113 cm³/mol. The summed E-state index contributed by atoms with van der Waals surface area (Å²) in [5, 5.41) is 3.29. The lowest BCUT2D eigenvalue weighted by molar-refractivity contribution is 0.355. The molecule has 0 atom stereocenters. The predicted octanol–water partition coefficient (Wildman–Crippen LogP) is 3.62. The van der Waals surface area contributed by atoms with Crippen LogP contribution in [0.25, 0.3) is 0 Å². The molecule has 0 spiro atoms. The highest BCUT2D eigenvalue weighted by atomic mass is 16.5. The number of nitrogens with one attached hydrogen (secondary N) is 1. The fourth-order valence-electron chi connectivity index (χ4n) is 3.06. The highest BCUT2D eigenvalue weighted by Gasteiger charge is 2.14. The number of benzene rings is 2. The minimum Gasteiger partial charge on any atom is -0.493 e. The van der Waals surface area contributed by atoms with E-state index < -0.39 is 5.56 Å². The van der Waals surface area contributed by atoms with E-state index in [1.54, 1.807) is 20.4 Å². The zero-order valence-corrected chi connectivity index (χ0v) is 17.1. The van der Waals surface area contributed by atoms with Gasteiger partial charge in [0.2, 0.25) is 11.7 Å². The summed E-state index contributed by atoms with van der Waals surface area (Å²) in [7, 11) is 4.65. The fourth-order valence-corrected chi connectivity index (χ4v) is 3.06. The van der Waals surface area contributed by atoms with Crippen molar-refractivity contribution in [2.75, 3.05) is 26.6 Å². The molecular formula is C22H25N3O4. The van der Waals surface area contributed by atoms with Crippen LogP contribution in [-0.4, -0.2) is 30.9 Å². The lowest BCUT2D eigenvalue weighted by atomic mass is 10.1. The van der Waals surface area contributed by atoms with Crippen LogP contribution in [0.4, 0.5) is 11.6 Å². The third kappa shape index (κ3) is 4.51. The third-order valence-corrected chi connectivity index (χ3v) is 4.62. The lowest BCUT2D eigenvalue weighted by Crippen LogP contribution is -2.19. The van der Waals surface area contributed by atoms with Crippen molar-refractivity contribution in [3.8, 4) is 17.2 Å². The number of aryl methyl sites for hydroxylation is 1. The Morgan fingerprint density at radius 1 is 0.966 bits per heavy atom. The Labute approximate surface area is 169 Å². The standard InChI is InChI=1S/C22H25N3O4/c1-5-16-11-18(27-2)19(28-3)12-17(16)23-22-24-21(26)20(29-4)14-25(22)13-15-9-7-6-8-10-15/h6-12,14H,5,13H2,1-4H3,(H,23,24,26). The summed E-state index contributed by atoms with van der Waals surface area (Å²) in [5.74, 6) is 1.85.